The lowest BCUT2D eigenvalue weighted by atomic mass is 9.86. The number of nitrogens with one attached hydrogen (secondary N) is 1. The second-order valence-electron chi connectivity index (χ2n) is 8.51. The van der Waals surface area contributed by atoms with Crippen LogP contribution in [0.4, 0.5) is 14.5 Å². The highest BCUT2D eigenvalue weighted by atomic mass is 19.1. The summed E-state index contributed by atoms with van der Waals surface area (Å²) in [5, 5.41) is 2.94. The number of rotatable bonds is 5. The number of nitrogens with zero attached hydrogens (tertiary/aromatic N) is 1. The summed E-state index contributed by atoms with van der Waals surface area (Å²) in [6, 6.07) is 20.0. The van der Waals surface area contributed by atoms with Crippen LogP contribution < -0.4 is 5.32 Å². The van der Waals surface area contributed by atoms with Crippen LogP contribution in [0.15, 0.2) is 72.8 Å². The zero-order chi connectivity index (χ0) is 25.1. The van der Waals surface area contributed by atoms with Crippen LogP contribution in [0.3, 0.4) is 0 Å². The second kappa shape index (κ2) is 10.1. The number of hydrogen-bond acceptors (Lipinski definition) is 4. The molecule has 0 aliphatic heterocycles. The molecule has 0 atom stereocenters. The van der Waals surface area contributed by atoms with Crippen molar-refractivity contribution >= 4 is 40.1 Å². The third kappa shape index (κ3) is 4.86. The van der Waals surface area contributed by atoms with E-state index in [2.05, 4.69) is 11.4 Å². The summed E-state index contributed by atoms with van der Waals surface area (Å²) >= 11 is 0. The van der Waals surface area contributed by atoms with Gasteiger partial charge in [-0.25, -0.2) is 18.6 Å². The van der Waals surface area contributed by atoms with Crippen LogP contribution in [0.1, 0.15) is 40.0 Å². The van der Waals surface area contributed by atoms with Gasteiger partial charge in [0.25, 0.3) is 5.91 Å². The smallest absolute Gasteiger partial charge is 0.339 e. The molecule has 1 amide bonds. The maximum absolute atomic E-state index is 13.9. The van der Waals surface area contributed by atoms with Gasteiger partial charge in [0.15, 0.2) is 6.61 Å². The van der Waals surface area contributed by atoms with E-state index in [1.807, 2.05) is 54.6 Å². The Bertz CT molecular complexity index is 1500. The molecular formula is C29H22F2N2O3. The zero-order valence-electron chi connectivity index (χ0n) is 19.3. The van der Waals surface area contributed by atoms with Gasteiger partial charge in [0, 0.05) is 11.5 Å². The standard InChI is InChI=1S/C29H22F2N2O3/c30-20-13-14-25(23(31)16-20)32-26(34)17-36-29(35)27-21-10-4-5-12-24(21)33-28-19(9-6-11-22(27)28)15-18-7-2-1-3-8-18/h1-5,7-8,10,12-16H,6,9,11,17H2,(H,32,34)/b19-15-. The van der Waals surface area contributed by atoms with E-state index >= 15 is 0 Å². The van der Waals surface area contributed by atoms with Crippen molar-refractivity contribution in [2.24, 2.45) is 0 Å². The van der Waals surface area contributed by atoms with Crippen LogP contribution in [-0.2, 0) is 16.0 Å². The molecule has 0 saturated heterocycles. The molecule has 0 fully saturated rings. The highest BCUT2D eigenvalue weighted by molar-refractivity contribution is 6.07. The highest BCUT2D eigenvalue weighted by Crippen LogP contribution is 2.36. The molecule has 1 N–H and O–H groups in total. The Hall–Kier alpha value is -4.39. The number of esters is 1. The van der Waals surface area contributed by atoms with E-state index in [0.717, 1.165) is 47.4 Å². The normalized spacial score (nSPS) is 13.9. The van der Waals surface area contributed by atoms with E-state index in [4.69, 9.17) is 9.72 Å². The zero-order valence-corrected chi connectivity index (χ0v) is 19.3. The summed E-state index contributed by atoms with van der Waals surface area (Å²) in [7, 11) is 0. The molecule has 1 aliphatic carbocycles. The number of halogens is 2. The molecule has 5 rings (SSSR count). The Balaban J connectivity index is 1.45. The van der Waals surface area contributed by atoms with Crippen LogP contribution in [0, 0.1) is 11.6 Å². The molecule has 36 heavy (non-hydrogen) atoms. The molecule has 0 bridgehead atoms. The summed E-state index contributed by atoms with van der Waals surface area (Å²) < 4.78 is 32.3. The number of ether oxygens (including phenoxy) is 1. The highest BCUT2D eigenvalue weighted by Gasteiger charge is 2.26. The molecule has 1 aliphatic rings. The fourth-order valence-corrected chi connectivity index (χ4v) is 4.44. The van der Waals surface area contributed by atoms with Crippen LogP contribution >= 0.6 is 0 Å². The van der Waals surface area contributed by atoms with E-state index in [-0.39, 0.29) is 5.69 Å². The lowest BCUT2D eigenvalue weighted by Crippen LogP contribution is -2.23. The summed E-state index contributed by atoms with van der Waals surface area (Å²) in [5.74, 6) is -3.06. The van der Waals surface area contributed by atoms with Crippen molar-refractivity contribution in [2.75, 3.05) is 11.9 Å². The number of amides is 1. The van der Waals surface area contributed by atoms with Crippen LogP contribution in [-0.4, -0.2) is 23.5 Å². The predicted molar refractivity (Wildman–Crippen MR) is 134 cm³/mol. The van der Waals surface area contributed by atoms with E-state index in [1.165, 1.54) is 0 Å². The molecule has 7 heteroatoms. The number of carbonyl (C=O) groups is 2. The lowest BCUT2D eigenvalue weighted by Gasteiger charge is -2.22. The maximum Gasteiger partial charge on any atom is 0.339 e. The van der Waals surface area contributed by atoms with Gasteiger partial charge in [0.1, 0.15) is 11.6 Å². The van der Waals surface area contributed by atoms with Gasteiger partial charge in [0.2, 0.25) is 0 Å². The molecule has 180 valence electrons. The number of benzene rings is 3. The van der Waals surface area contributed by atoms with Gasteiger partial charge >= 0.3 is 5.97 Å². The van der Waals surface area contributed by atoms with E-state index in [0.29, 0.717) is 29.0 Å². The molecular weight excluding hydrogens is 462 g/mol. The monoisotopic (exact) mass is 484 g/mol. The van der Waals surface area contributed by atoms with Gasteiger partial charge in [-0.2, -0.15) is 0 Å². The SMILES string of the molecule is O=C(COC(=O)c1c2c(nc3ccccc13)/C(=C\c1ccccc1)CCC2)Nc1ccc(F)cc1F. The number of anilines is 1. The Morgan fingerprint density at radius 3 is 2.56 bits per heavy atom. The number of allylic oxidation sites excluding steroid dienone is 1. The van der Waals surface area contributed by atoms with Crippen molar-refractivity contribution in [2.45, 2.75) is 19.3 Å². The molecule has 1 heterocycles. The average Bonchev–Trinajstić information content (AvgIpc) is 2.88. The number of aromatic nitrogens is 1. The van der Waals surface area contributed by atoms with E-state index < -0.39 is 30.1 Å². The first-order valence-corrected chi connectivity index (χ1v) is 11.6. The molecule has 0 unspecified atom stereocenters. The molecule has 0 radical (unpaired) electrons. The number of para-hydroxylation sites is 1. The summed E-state index contributed by atoms with van der Waals surface area (Å²) in [6.45, 7) is -0.617. The Labute approximate surface area is 206 Å². The fourth-order valence-electron chi connectivity index (χ4n) is 4.44. The molecule has 0 saturated carbocycles. The van der Waals surface area contributed by atoms with Gasteiger partial charge in [-0.1, -0.05) is 48.5 Å². The van der Waals surface area contributed by atoms with Crippen molar-refractivity contribution in [1.29, 1.82) is 0 Å². The van der Waals surface area contributed by atoms with Gasteiger partial charge in [0.05, 0.1) is 22.5 Å². The largest absolute Gasteiger partial charge is 0.452 e. The third-order valence-electron chi connectivity index (χ3n) is 6.05. The maximum atomic E-state index is 13.9. The first kappa shape index (κ1) is 23.4. The topological polar surface area (TPSA) is 68.3 Å². The van der Waals surface area contributed by atoms with Crippen molar-refractivity contribution in [3.8, 4) is 0 Å². The molecule has 5 nitrogen and oxygen atoms in total. The summed E-state index contributed by atoms with van der Waals surface area (Å²) in [4.78, 5) is 30.5. The van der Waals surface area contributed by atoms with E-state index in [9.17, 15) is 18.4 Å². The minimum Gasteiger partial charge on any atom is -0.452 e. The van der Waals surface area contributed by atoms with Crippen molar-refractivity contribution in [3.63, 3.8) is 0 Å². The number of pyridine rings is 1. The number of hydrogen-bond donors (Lipinski definition) is 1. The van der Waals surface area contributed by atoms with Crippen LogP contribution in [0.25, 0.3) is 22.6 Å². The Morgan fingerprint density at radius 1 is 0.972 bits per heavy atom. The average molecular weight is 485 g/mol. The fraction of sp³-hybridized carbons (Fsp3) is 0.138. The van der Waals surface area contributed by atoms with Gasteiger partial charge in [-0.15, -0.1) is 0 Å². The van der Waals surface area contributed by atoms with Crippen molar-refractivity contribution < 1.29 is 23.1 Å². The van der Waals surface area contributed by atoms with Crippen LogP contribution in [0.2, 0.25) is 0 Å². The quantitative estimate of drug-likeness (QED) is 0.343. The first-order valence-electron chi connectivity index (χ1n) is 11.6. The third-order valence-corrected chi connectivity index (χ3v) is 6.05. The lowest BCUT2D eigenvalue weighted by molar-refractivity contribution is -0.119. The van der Waals surface area contributed by atoms with Gasteiger partial charge in [-0.05, 0) is 60.2 Å². The van der Waals surface area contributed by atoms with Crippen LogP contribution in [0.5, 0.6) is 0 Å². The minimum absolute atomic E-state index is 0.195. The Kier molecular flexibility index (Phi) is 6.54. The first-order chi connectivity index (χ1) is 17.5. The van der Waals surface area contributed by atoms with Crippen molar-refractivity contribution in [1.82, 2.24) is 4.98 Å². The molecule has 1 aromatic heterocycles. The van der Waals surface area contributed by atoms with Gasteiger partial charge in [-0.3, -0.25) is 4.79 Å². The Morgan fingerprint density at radius 2 is 1.75 bits per heavy atom. The molecule has 4 aromatic rings. The second-order valence-corrected chi connectivity index (χ2v) is 8.51. The molecule has 0 spiro atoms. The summed E-state index contributed by atoms with van der Waals surface area (Å²) in [6.07, 6.45) is 4.40. The minimum atomic E-state index is -0.915. The van der Waals surface area contributed by atoms with E-state index in [1.54, 1.807) is 0 Å². The van der Waals surface area contributed by atoms with Crippen molar-refractivity contribution in [3.05, 3.63) is 107 Å². The van der Waals surface area contributed by atoms with Gasteiger partial charge < -0.3 is 10.1 Å². The number of fused-ring (bicyclic) bond motifs is 2. The summed E-state index contributed by atoms with van der Waals surface area (Å²) in [5.41, 5.74) is 4.47. The predicted octanol–water partition coefficient (Wildman–Crippen LogP) is 6.19. The molecule has 3 aromatic carbocycles. The number of carbonyl (C=O) groups excluding carboxylic acids is 2.